The largest absolute Gasteiger partial charge is 0.468 e. The number of benzene rings is 1. The molecular weight excluding hydrogens is 249 g/mol. The standard InChI is InChI=1S/C11H11ClFNO3/c1-14(6-10(15)17-2)11(16)8-4-3-7(13)5-9(8)12/h3-5H,6H2,1-2H3. The van der Waals surface area contributed by atoms with Crippen LogP contribution in [-0.2, 0) is 9.53 Å². The van der Waals surface area contributed by atoms with E-state index in [1.54, 1.807) is 0 Å². The van der Waals surface area contributed by atoms with E-state index in [2.05, 4.69) is 4.74 Å². The minimum atomic E-state index is -0.543. The van der Waals surface area contributed by atoms with Crippen molar-refractivity contribution in [1.82, 2.24) is 4.90 Å². The van der Waals surface area contributed by atoms with E-state index >= 15 is 0 Å². The highest BCUT2D eigenvalue weighted by Gasteiger charge is 2.17. The van der Waals surface area contributed by atoms with Crippen molar-refractivity contribution in [2.75, 3.05) is 20.7 Å². The molecule has 1 amide bonds. The Hall–Kier alpha value is -1.62. The van der Waals surface area contributed by atoms with Gasteiger partial charge < -0.3 is 9.64 Å². The molecule has 1 aromatic rings. The lowest BCUT2D eigenvalue weighted by Crippen LogP contribution is -2.32. The van der Waals surface area contributed by atoms with E-state index in [4.69, 9.17) is 11.6 Å². The molecule has 0 N–H and O–H groups in total. The number of rotatable bonds is 3. The Kier molecular flexibility index (Phi) is 4.45. The van der Waals surface area contributed by atoms with Gasteiger partial charge >= 0.3 is 5.97 Å². The van der Waals surface area contributed by atoms with Crippen LogP contribution in [0.4, 0.5) is 4.39 Å². The number of hydrogen-bond acceptors (Lipinski definition) is 3. The number of methoxy groups -OCH3 is 1. The fourth-order valence-corrected chi connectivity index (χ4v) is 1.45. The van der Waals surface area contributed by atoms with Crippen LogP contribution in [0, 0.1) is 5.82 Å². The average Bonchev–Trinajstić information content (AvgIpc) is 2.28. The molecule has 92 valence electrons. The molecule has 0 aliphatic rings. The Morgan fingerprint density at radius 2 is 2.12 bits per heavy atom. The Morgan fingerprint density at radius 1 is 1.47 bits per heavy atom. The van der Waals surface area contributed by atoms with Gasteiger partial charge in [-0.3, -0.25) is 9.59 Å². The first-order valence-electron chi connectivity index (χ1n) is 4.73. The van der Waals surface area contributed by atoms with Crippen LogP contribution in [0.5, 0.6) is 0 Å². The highest BCUT2D eigenvalue weighted by Crippen LogP contribution is 2.18. The molecule has 1 aromatic carbocycles. The zero-order valence-corrected chi connectivity index (χ0v) is 10.1. The lowest BCUT2D eigenvalue weighted by Gasteiger charge is -2.16. The van der Waals surface area contributed by atoms with Crippen LogP contribution in [0.25, 0.3) is 0 Å². The maximum atomic E-state index is 12.8. The minimum Gasteiger partial charge on any atom is -0.468 e. The van der Waals surface area contributed by atoms with Crippen molar-refractivity contribution in [3.05, 3.63) is 34.6 Å². The van der Waals surface area contributed by atoms with E-state index in [1.165, 1.54) is 20.2 Å². The van der Waals surface area contributed by atoms with Crippen LogP contribution in [0.15, 0.2) is 18.2 Å². The molecule has 0 saturated carbocycles. The molecule has 0 bridgehead atoms. The first-order valence-corrected chi connectivity index (χ1v) is 5.11. The van der Waals surface area contributed by atoms with Gasteiger partial charge in [-0.2, -0.15) is 0 Å². The van der Waals surface area contributed by atoms with Crippen molar-refractivity contribution in [3.63, 3.8) is 0 Å². The van der Waals surface area contributed by atoms with Crippen LogP contribution in [0.2, 0.25) is 5.02 Å². The van der Waals surface area contributed by atoms with Gasteiger partial charge in [-0.15, -0.1) is 0 Å². The van der Waals surface area contributed by atoms with Gasteiger partial charge in [0.25, 0.3) is 5.91 Å². The Bertz CT molecular complexity index is 450. The number of esters is 1. The smallest absolute Gasteiger partial charge is 0.325 e. The Morgan fingerprint density at radius 3 is 2.65 bits per heavy atom. The van der Waals surface area contributed by atoms with Crippen molar-refractivity contribution in [3.8, 4) is 0 Å². The Balaban J connectivity index is 2.85. The van der Waals surface area contributed by atoms with Crippen LogP contribution < -0.4 is 0 Å². The topological polar surface area (TPSA) is 46.6 Å². The third kappa shape index (κ3) is 3.42. The minimum absolute atomic E-state index is 0.00622. The molecule has 0 radical (unpaired) electrons. The highest BCUT2D eigenvalue weighted by atomic mass is 35.5. The van der Waals surface area contributed by atoms with Crippen LogP contribution >= 0.6 is 11.6 Å². The molecule has 0 aliphatic carbocycles. The van der Waals surface area contributed by atoms with Crippen LogP contribution in [0.1, 0.15) is 10.4 Å². The summed E-state index contributed by atoms with van der Waals surface area (Å²) >= 11 is 5.74. The number of nitrogens with zero attached hydrogens (tertiary/aromatic N) is 1. The molecular formula is C11H11ClFNO3. The second kappa shape index (κ2) is 5.63. The SMILES string of the molecule is COC(=O)CN(C)C(=O)c1ccc(F)cc1Cl. The molecule has 0 spiro atoms. The van der Waals surface area contributed by atoms with Crippen molar-refractivity contribution in [2.45, 2.75) is 0 Å². The molecule has 0 aromatic heterocycles. The molecule has 0 atom stereocenters. The Labute approximate surface area is 103 Å². The molecule has 17 heavy (non-hydrogen) atoms. The van der Waals surface area contributed by atoms with E-state index in [0.29, 0.717) is 0 Å². The highest BCUT2D eigenvalue weighted by molar-refractivity contribution is 6.33. The number of likely N-dealkylation sites (N-methyl/N-ethyl adjacent to an activating group) is 1. The summed E-state index contributed by atoms with van der Waals surface area (Å²) < 4.78 is 17.2. The summed E-state index contributed by atoms with van der Waals surface area (Å²) in [6, 6.07) is 3.44. The van der Waals surface area contributed by atoms with Crippen LogP contribution in [-0.4, -0.2) is 37.5 Å². The molecule has 0 saturated heterocycles. The number of carbonyl (C=O) groups is 2. The predicted molar refractivity (Wildman–Crippen MR) is 60.4 cm³/mol. The third-order valence-electron chi connectivity index (χ3n) is 2.10. The van der Waals surface area contributed by atoms with Gasteiger partial charge in [0.1, 0.15) is 12.4 Å². The number of halogens is 2. The third-order valence-corrected chi connectivity index (χ3v) is 2.41. The lowest BCUT2D eigenvalue weighted by atomic mass is 10.2. The van der Waals surface area contributed by atoms with Crippen molar-refractivity contribution >= 4 is 23.5 Å². The molecule has 1 rings (SSSR count). The summed E-state index contributed by atoms with van der Waals surface area (Å²) in [4.78, 5) is 24.0. The molecule has 0 aliphatic heterocycles. The number of carbonyl (C=O) groups excluding carboxylic acids is 2. The van der Waals surface area contributed by atoms with Gasteiger partial charge in [0, 0.05) is 7.05 Å². The van der Waals surface area contributed by atoms with Gasteiger partial charge in [-0.1, -0.05) is 11.6 Å². The normalized spacial score (nSPS) is 9.88. The second-order valence-electron chi connectivity index (χ2n) is 3.36. The lowest BCUT2D eigenvalue weighted by molar-refractivity contribution is -0.141. The summed E-state index contributed by atoms with van der Waals surface area (Å²) in [6.07, 6.45) is 0. The van der Waals surface area contributed by atoms with Crippen molar-refractivity contribution < 1.29 is 18.7 Å². The molecule has 0 fully saturated rings. The first kappa shape index (κ1) is 13.4. The average molecular weight is 260 g/mol. The van der Waals surface area contributed by atoms with E-state index < -0.39 is 17.7 Å². The molecule has 0 unspecified atom stereocenters. The van der Waals surface area contributed by atoms with E-state index in [0.717, 1.165) is 17.0 Å². The molecule has 4 nitrogen and oxygen atoms in total. The van der Waals surface area contributed by atoms with Crippen LogP contribution in [0.3, 0.4) is 0 Å². The van der Waals surface area contributed by atoms with E-state index in [9.17, 15) is 14.0 Å². The summed E-state index contributed by atoms with van der Waals surface area (Å²) in [5.41, 5.74) is 0.138. The summed E-state index contributed by atoms with van der Waals surface area (Å²) in [5.74, 6) is -1.54. The second-order valence-corrected chi connectivity index (χ2v) is 3.77. The maximum Gasteiger partial charge on any atom is 0.325 e. The van der Waals surface area contributed by atoms with Gasteiger partial charge in [0.05, 0.1) is 17.7 Å². The van der Waals surface area contributed by atoms with Crippen molar-refractivity contribution in [1.29, 1.82) is 0 Å². The zero-order valence-electron chi connectivity index (χ0n) is 9.37. The quantitative estimate of drug-likeness (QED) is 0.777. The van der Waals surface area contributed by atoms with E-state index in [-0.39, 0.29) is 17.1 Å². The van der Waals surface area contributed by atoms with Crippen molar-refractivity contribution in [2.24, 2.45) is 0 Å². The molecule has 0 heterocycles. The zero-order chi connectivity index (χ0) is 13.0. The van der Waals surface area contributed by atoms with Gasteiger partial charge in [0.2, 0.25) is 0 Å². The monoisotopic (exact) mass is 259 g/mol. The summed E-state index contributed by atoms with van der Waals surface area (Å²) in [7, 11) is 2.66. The van der Waals surface area contributed by atoms with Gasteiger partial charge in [0.15, 0.2) is 0 Å². The molecule has 6 heteroatoms. The summed E-state index contributed by atoms with van der Waals surface area (Å²) in [6.45, 7) is -0.191. The maximum absolute atomic E-state index is 12.8. The fourth-order valence-electron chi connectivity index (χ4n) is 1.20. The predicted octanol–water partition coefficient (Wildman–Crippen LogP) is 1.72. The van der Waals surface area contributed by atoms with Gasteiger partial charge in [-0.25, -0.2) is 4.39 Å². The number of ether oxygens (including phenoxy) is 1. The fraction of sp³-hybridized carbons (Fsp3) is 0.273. The number of hydrogen-bond donors (Lipinski definition) is 0. The first-order chi connectivity index (χ1) is 7.95. The van der Waals surface area contributed by atoms with Gasteiger partial charge in [-0.05, 0) is 18.2 Å². The summed E-state index contributed by atoms with van der Waals surface area (Å²) in [5, 5.41) is 0.00622. The van der Waals surface area contributed by atoms with E-state index in [1.807, 2.05) is 0 Å². The number of amides is 1.